The van der Waals surface area contributed by atoms with Crippen molar-refractivity contribution in [3.63, 3.8) is 0 Å². The second-order valence-electron chi connectivity index (χ2n) is 12.7. The van der Waals surface area contributed by atoms with Crippen LogP contribution in [0.4, 0.5) is 0 Å². The number of hydrogen-bond donors (Lipinski definition) is 0. The topological polar surface area (TPSA) is 35.6 Å². The largest absolute Gasteiger partial charge is 0.309 e. The summed E-state index contributed by atoms with van der Waals surface area (Å²) in [7, 11) is 0. The highest BCUT2D eigenvalue weighted by molar-refractivity contribution is 6.10. The predicted octanol–water partition coefficient (Wildman–Crippen LogP) is 11.7. The minimum Gasteiger partial charge on any atom is -0.309 e. The van der Waals surface area contributed by atoms with Crippen LogP contribution in [0.5, 0.6) is 0 Å². The second-order valence-corrected chi connectivity index (χ2v) is 12.7. The van der Waals surface area contributed by atoms with E-state index in [1.54, 1.807) is 0 Å². The van der Waals surface area contributed by atoms with E-state index in [0.717, 1.165) is 45.3 Å². The molecule has 0 N–H and O–H groups in total. The molecule has 50 heavy (non-hydrogen) atoms. The molecule has 0 saturated heterocycles. The summed E-state index contributed by atoms with van der Waals surface area (Å²) < 4.78 is 4.69. The average Bonchev–Trinajstić information content (AvgIpc) is 3.71. The molecule has 4 heteroatoms. The number of nitrogens with zero attached hydrogens (tertiary/aromatic N) is 4. The number of rotatable bonds is 5. The molecule has 6 aromatic carbocycles. The van der Waals surface area contributed by atoms with Crippen molar-refractivity contribution in [2.24, 2.45) is 0 Å². The van der Waals surface area contributed by atoms with Gasteiger partial charge in [0, 0.05) is 44.0 Å². The molecule has 0 aliphatic carbocycles. The highest BCUT2D eigenvalue weighted by atomic mass is 15.0. The van der Waals surface area contributed by atoms with Gasteiger partial charge in [0.05, 0.1) is 44.8 Å². The van der Waals surface area contributed by atoms with E-state index in [4.69, 9.17) is 9.97 Å². The summed E-state index contributed by atoms with van der Waals surface area (Å²) in [5.74, 6) is 0. The summed E-state index contributed by atoms with van der Waals surface area (Å²) >= 11 is 0. The molecule has 0 unspecified atom stereocenters. The smallest absolute Gasteiger partial charge is 0.0893 e. The Morgan fingerprint density at radius 2 is 0.600 bits per heavy atom. The summed E-state index contributed by atoms with van der Waals surface area (Å²) in [6.45, 7) is 0. The van der Waals surface area contributed by atoms with Gasteiger partial charge in [-0.15, -0.1) is 0 Å². The van der Waals surface area contributed by atoms with Crippen LogP contribution in [0.3, 0.4) is 0 Å². The zero-order valence-corrected chi connectivity index (χ0v) is 27.1. The van der Waals surface area contributed by atoms with Crippen LogP contribution in [-0.2, 0) is 0 Å². The monoisotopic (exact) mass is 638 g/mol. The minimum absolute atomic E-state index is 0.838. The van der Waals surface area contributed by atoms with E-state index in [1.165, 1.54) is 43.6 Å². The Balaban J connectivity index is 1.03. The van der Waals surface area contributed by atoms with Crippen molar-refractivity contribution >= 4 is 43.6 Å². The third-order valence-corrected chi connectivity index (χ3v) is 9.72. The Morgan fingerprint density at radius 3 is 0.980 bits per heavy atom. The highest BCUT2D eigenvalue weighted by Crippen LogP contribution is 2.35. The van der Waals surface area contributed by atoms with Gasteiger partial charge < -0.3 is 9.13 Å². The molecule has 0 atom stereocenters. The van der Waals surface area contributed by atoms with Crippen molar-refractivity contribution < 1.29 is 0 Å². The quantitative estimate of drug-likeness (QED) is 0.188. The summed E-state index contributed by atoms with van der Waals surface area (Å²) in [6, 6.07) is 64.1. The van der Waals surface area contributed by atoms with E-state index in [0.29, 0.717) is 0 Å². The molecule has 4 heterocycles. The zero-order chi connectivity index (χ0) is 33.0. The fourth-order valence-corrected chi connectivity index (χ4v) is 7.49. The van der Waals surface area contributed by atoms with Crippen molar-refractivity contribution in [1.29, 1.82) is 0 Å². The normalized spacial score (nSPS) is 11.6. The molecule has 0 aliphatic rings. The first-order valence-electron chi connectivity index (χ1n) is 16.9. The number of aromatic nitrogens is 4. The molecule has 0 aliphatic heterocycles. The third-order valence-electron chi connectivity index (χ3n) is 9.72. The van der Waals surface area contributed by atoms with Crippen LogP contribution < -0.4 is 0 Å². The van der Waals surface area contributed by atoms with Crippen LogP contribution in [0.15, 0.2) is 182 Å². The first-order chi connectivity index (χ1) is 24.8. The van der Waals surface area contributed by atoms with Crippen molar-refractivity contribution in [3.05, 3.63) is 182 Å². The summed E-state index contributed by atoms with van der Waals surface area (Å²) in [4.78, 5) is 10.3. The van der Waals surface area contributed by atoms with Crippen LogP contribution >= 0.6 is 0 Å². The van der Waals surface area contributed by atoms with Gasteiger partial charge in [0.1, 0.15) is 0 Å². The van der Waals surface area contributed by atoms with Crippen LogP contribution in [0.1, 0.15) is 0 Å². The maximum Gasteiger partial charge on any atom is 0.0893 e. The van der Waals surface area contributed by atoms with E-state index in [-0.39, 0.29) is 0 Å². The average molecular weight is 639 g/mol. The molecule has 0 fully saturated rings. The first-order valence-corrected chi connectivity index (χ1v) is 16.9. The molecule has 0 bridgehead atoms. The van der Waals surface area contributed by atoms with Crippen molar-refractivity contribution in [3.8, 4) is 45.3 Å². The SMILES string of the molecule is c1cc(-c2cccc(-c3cccc(-c4cccc(-n5c6ccccc6c6ccccc65)c4)n3)n2)cc(-n2c3ccccc3c3ccccc32)c1. The van der Waals surface area contributed by atoms with Gasteiger partial charge in [0.2, 0.25) is 0 Å². The predicted molar refractivity (Wildman–Crippen MR) is 207 cm³/mol. The van der Waals surface area contributed by atoms with Gasteiger partial charge in [0.15, 0.2) is 0 Å². The maximum atomic E-state index is 5.15. The molecule has 0 saturated carbocycles. The Kier molecular flexibility index (Phi) is 6.46. The molecule has 0 spiro atoms. The lowest BCUT2D eigenvalue weighted by atomic mass is 10.1. The van der Waals surface area contributed by atoms with Gasteiger partial charge in [0.25, 0.3) is 0 Å². The maximum absolute atomic E-state index is 5.15. The van der Waals surface area contributed by atoms with E-state index in [1.807, 2.05) is 12.1 Å². The summed E-state index contributed by atoms with van der Waals surface area (Å²) in [5.41, 5.74) is 12.6. The standard InChI is InChI=1S/C46H30N4/c1-5-25-43-35(17-1)36-18-2-6-26-44(36)49(43)33-15-9-13-31(29-33)39-21-11-23-41(47-39)42-24-12-22-40(48-42)32-14-10-16-34(30-32)50-45-27-7-3-19-37(45)38-20-4-8-28-46(38)50/h1-30H. The van der Waals surface area contributed by atoms with Crippen LogP contribution in [0, 0.1) is 0 Å². The third kappa shape index (κ3) is 4.54. The molecule has 0 amide bonds. The summed E-state index contributed by atoms with van der Waals surface area (Å²) in [6.07, 6.45) is 0. The van der Waals surface area contributed by atoms with Gasteiger partial charge in [-0.2, -0.15) is 0 Å². The van der Waals surface area contributed by atoms with Gasteiger partial charge >= 0.3 is 0 Å². The van der Waals surface area contributed by atoms with Crippen molar-refractivity contribution in [2.75, 3.05) is 0 Å². The van der Waals surface area contributed by atoms with Gasteiger partial charge in [-0.3, -0.25) is 0 Å². The first kappa shape index (κ1) is 28.3. The van der Waals surface area contributed by atoms with E-state index < -0.39 is 0 Å². The van der Waals surface area contributed by atoms with Crippen LogP contribution in [0.2, 0.25) is 0 Å². The molecular weight excluding hydrogens is 609 g/mol. The lowest BCUT2D eigenvalue weighted by Crippen LogP contribution is -1.96. The highest BCUT2D eigenvalue weighted by Gasteiger charge is 2.15. The van der Waals surface area contributed by atoms with Gasteiger partial charge in [-0.25, -0.2) is 9.97 Å². The van der Waals surface area contributed by atoms with E-state index in [9.17, 15) is 0 Å². The Labute approximate surface area is 289 Å². The van der Waals surface area contributed by atoms with E-state index >= 15 is 0 Å². The molecule has 4 aromatic heterocycles. The van der Waals surface area contributed by atoms with Gasteiger partial charge in [-0.05, 0) is 72.8 Å². The molecule has 10 aromatic rings. The molecule has 4 nitrogen and oxygen atoms in total. The molecule has 234 valence electrons. The fraction of sp³-hybridized carbons (Fsp3) is 0. The van der Waals surface area contributed by atoms with E-state index in [2.05, 4.69) is 179 Å². The zero-order valence-electron chi connectivity index (χ0n) is 27.1. The number of hydrogen-bond acceptors (Lipinski definition) is 2. The number of fused-ring (bicyclic) bond motifs is 6. The number of para-hydroxylation sites is 4. The van der Waals surface area contributed by atoms with Crippen molar-refractivity contribution in [2.45, 2.75) is 0 Å². The second kappa shape index (κ2) is 11.4. The number of pyridine rings is 2. The lowest BCUT2D eigenvalue weighted by molar-refractivity contribution is 1.17. The Hall–Kier alpha value is -6.78. The molecular formula is C46H30N4. The fourth-order valence-electron chi connectivity index (χ4n) is 7.49. The molecule has 0 radical (unpaired) electrons. The summed E-state index contributed by atoms with van der Waals surface area (Å²) in [5, 5.41) is 5.00. The Bertz CT molecular complexity index is 2590. The Morgan fingerprint density at radius 1 is 0.280 bits per heavy atom. The lowest BCUT2D eigenvalue weighted by Gasteiger charge is -2.12. The minimum atomic E-state index is 0.838. The van der Waals surface area contributed by atoms with Crippen LogP contribution in [-0.4, -0.2) is 19.1 Å². The molecule has 10 rings (SSSR count). The van der Waals surface area contributed by atoms with Crippen molar-refractivity contribution in [1.82, 2.24) is 19.1 Å². The van der Waals surface area contributed by atoms with Crippen LogP contribution in [0.25, 0.3) is 88.9 Å². The number of benzene rings is 6. The van der Waals surface area contributed by atoms with Gasteiger partial charge in [-0.1, -0.05) is 109 Å².